The molecule has 4 heteroatoms. The number of halogens is 1. The highest BCUT2D eigenvalue weighted by molar-refractivity contribution is 9.10. The minimum Gasteiger partial charge on any atom is -0.330 e. The molecule has 0 unspecified atom stereocenters. The number of aryl methyl sites for hydroxylation is 1. The van der Waals surface area contributed by atoms with Gasteiger partial charge in [0.25, 0.3) is 5.91 Å². The molecule has 2 aromatic rings. The lowest BCUT2D eigenvalue weighted by atomic mass is 10.1. The highest BCUT2D eigenvalue weighted by Crippen LogP contribution is 2.19. The molecule has 0 bridgehead atoms. The molecule has 20 heavy (non-hydrogen) atoms. The highest BCUT2D eigenvalue weighted by atomic mass is 79.9. The van der Waals surface area contributed by atoms with Crippen molar-refractivity contribution < 1.29 is 4.79 Å². The van der Waals surface area contributed by atoms with Crippen LogP contribution in [-0.2, 0) is 6.42 Å². The van der Waals surface area contributed by atoms with Gasteiger partial charge in [-0.15, -0.1) is 0 Å². The van der Waals surface area contributed by atoms with Crippen molar-refractivity contribution in [1.82, 2.24) is 0 Å². The number of nitrogens with one attached hydrogen (secondary N) is 1. The molecule has 0 radical (unpaired) electrons. The molecule has 0 fully saturated rings. The number of nitrogens with two attached hydrogens (primary N) is 1. The maximum atomic E-state index is 12.2. The first kappa shape index (κ1) is 14.8. The third-order valence-electron chi connectivity index (χ3n) is 2.95. The van der Waals surface area contributed by atoms with Crippen LogP contribution in [0.25, 0.3) is 0 Å². The second-order valence-corrected chi connectivity index (χ2v) is 5.62. The van der Waals surface area contributed by atoms with Gasteiger partial charge in [-0.1, -0.05) is 28.1 Å². The normalized spacial score (nSPS) is 10.3. The topological polar surface area (TPSA) is 55.1 Å². The molecule has 0 spiro atoms. The SMILES string of the molecule is Cc1cc(Br)cc(NC(=O)c2ccc(CCN)cc2)c1. The zero-order chi connectivity index (χ0) is 14.5. The third-order valence-corrected chi connectivity index (χ3v) is 3.41. The van der Waals surface area contributed by atoms with Crippen LogP contribution in [-0.4, -0.2) is 12.5 Å². The van der Waals surface area contributed by atoms with Gasteiger partial charge in [-0.3, -0.25) is 4.79 Å². The van der Waals surface area contributed by atoms with Crippen LogP contribution in [0, 0.1) is 6.92 Å². The lowest BCUT2D eigenvalue weighted by Gasteiger charge is -2.08. The molecular weight excluding hydrogens is 316 g/mol. The Balaban J connectivity index is 2.11. The Labute approximate surface area is 127 Å². The van der Waals surface area contributed by atoms with E-state index in [2.05, 4.69) is 21.2 Å². The molecule has 0 aliphatic rings. The van der Waals surface area contributed by atoms with Crippen molar-refractivity contribution in [2.24, 2.45) is 5.73 Å². The van der Waals surface area contributed by atoms with Gasteiger partial charge >= 0.3 is 0 Å². The van der Waals surface area contributed by atoms with E-state index in [0.29, 0.717) is 12.1 Å². The largest absolute Gasteiger partial charge is 0.330 e. The fourth-order valence-electron chi connectivity index (χ4n) is 2.00. The predicted octanol–water partition coefficient (Wildman–Crippen LogP) is 3.51. The first-order valence-electron chi connectivity index (χ1n) is 6.46. The number of amides is 1. The highest BCUT2D eigenvalue weighted by Gasteiger charge is 2.06. The number of benzene rings is 2. The molecule has 0 aromatic heterocycles. The first-order valence-corrected chi connectivity index (χ1v) is 7.25. The lowest BCUT2D eigenvalue weighted by molar-refractivity contribution is 0.102. The minimum absolute atomic E-state index is 0.109. The van der Waals surface area contributed by atoms with Gasteiger partial charge in [0.05, 0.1) is 0 Å². The van der Waals surface area contributed by atoms with Crippen LogP contribution in [0.1, 0.15) is 21.5 Å². The summed E-state index contributed by atoms with van der Waals surface area (Å²) in [4.78, 5) is 12.2. The van der Waals surface area contributed by atoms with Crippen LogP contribution in [0.4, 0.5) is 5.69 Å². The van der Waals surface area contributed by atoms with Gasteiger partial charge in [-0.05, 0) is 61.3 Å². The molecule has 2 rings (SSSR count). The molecule has 0 atom stereocenters. The van der Waals surface area contributed by atoms with E-state index in [9.17, 15) is 4.79 Å². The number of hydrogen-bond acceptors (Lipinski definition) is 2. The smallest absolute Gasteiger partial charge is 0.255 e. The van der Waals surface area contributed by atoms with Crippen molar-refractivity contribution in [3.8, 4) is 0 Å². The number of anilines is 1. The maximum absolute atomic E-state index is 12.2. The van der Waals surface area contributed by atoms with Gasteiger partial charge in [0.15, 0.2) is 0 Å². The van der Waals surface area contributed by atoms with Crippen LogP contribution in [0.3, 0.4) is 0 Å². The van der Waals surface area contributed by atoms with Crippen LogP contribution in [0.2, 0.25) is 0 Å². The van der Waals surface area contributed by atoms with E-state index < -0.39 is 0 Å². The summed E-state index contributed by atoms with van der Waals surface area (Å²) in [5.74, 6) is -0.109. The summed E-state index contributed by atoms with van der Waals surface area (Å²) in [5, 5.41) is 2.90. The Hall–Kier alpha value is -1.65. The Morgan fingerprint density at radius 3 is 2.50 bits per heavy atom. The van der Waals surface area contributed by atoms with E-state index in [1.165, 1.54) is 0 Å². The molecule has 3 N–H and O–H groups in total. The summed E-state index contributed by atoms with van der Waals surface area (Å²) < 4.78 is 0.950. The maximum Gasteiger partial charge on any atom is 0.255 e. The van der Waals surface area contributed by atoms with E-state index in [1.807, 2.05) is 49.4 Å². The quantitative estimate of drug-likeness (QED) is 0.900. The average molecular weight is 333 g/mol. The molecular formula is C16H17BrN2O. The molecule has 0 heterocycles. The lowest BCUT2D eigenvalue weighted by Crippen LogP contribution is -2.12. The summed E-state index contributed by atoms with van der Waals surface area (Å²) in [6.07, 6.45) is 0.826. The van der Waals surface area contributed by atoms with Gasteiger partial charge in [0, 0.05) is 15.7 Å². The molecule has 0 aliphatic carbocycles. The zero-order valence-electron chi connectivity index (χ0n) is 11.3. The van der Waals surface area contributed by atoms with Crippen molar-refractivity contribution in [2.45, 2.75) is 13.3 Å². The number of carbonyl (C=O) groups is 1. The van der Waals surface area contributed by atoms with E-state index >= 15 is 0 Å². The van der Waals surface area contributed by atoms with Gasteiger partial charge in [-0.2, -0.15) is 0 Å². The number of hydrogen-bond donors (Lipinski definition) is 2. The van der Waals surface area contributed by atoms with Gasteiger partial charge in [-0.25, -0.2) is 0 Å². The predicted molar refractivity (Wildman–Crippen MR) is 86.0 cm³/mol. The van der Waals surface area contributed by atoms with Gasteiger partial charge < -0.3 is 11.1 Å². The minimum atomic E-state index is -0.109. The molecule has 3 nitrogen and oxygen atoms in total. The molecule has 1 amide bonds. The fraction of sp³-hybridized carbons (Fsp3) is 0.188. The summed E-state index contributed by atoms with van der Waals surface area (Å²) in [6, 6.07) is 13.3. The Bertz CT molecular complexity index is 588. The molecule has 0 saturated heterocycles. The summed E-state index contributed by atoms with van der Waals surface area (Å²) in [5.41, 5.74) is 9.16. The van der Waals surface area contributed by atoms with Crippen LogP contribution < -0.4 is 11.1 Å². The fourth-order valence-corrected chi connectivity index (χ4v) is 2.61. The summed E-state index contributed by atoms with van der Waals surface area (Å²) >= 11 is 3.42. The van der Waals surface area contributed by atoms with E-state index in [0.717, 1.165) is 27.7 Å². The van der Waals surface area contributed by atoms with Crippen molar-refractivity contribution in [1.29, 1.82) is 0 Å². The Morgan fingerprint density at radius 1 is 1.20 bits per heavy atom. The Morgan fingerprint density at radius 2 is 1.90 bits per heavy atom. The third kappa shape index (κ3) is 3.92. The standard InChI is InChI=1S/C16H17BrN2O/c1-11-8-14(17)10-15(9-11)19-16(20)13-4-2-12(3-5-13)6-7-18/h2-5,8-10H,6-7,18H2,1H3,(H,19,20). The van der Waals surface area contributed by atoms with Crippen LogP contribution in [0.15, 0.2) is 46.9 Å². The molecule has 0 saturated carbocycles. The van der Waals surface area contributed by atoms with Crippen LogP contribution >= 0.6 is 15.9 Å². The zero-order valence-corrected chi connectivity index (χ0v) is 12.9. The van der Waals surface area contributed by atoms with Crippen LogP contribution in [0.5, 0.6) is 0 Å². The van der Waals surface area contributed by atoms with Gasteiger partial charge in [0.2, 0.25) is 0 Å². The second-order valence-electron chi connectivity index (χ2n) is 4.71. The van der Waals surface area contributed by atoms with Crippen molar-refractivity contribution >= 4 is 27.5 Å². The number of carbonyl (C=O) groups excluding carboxylic acids is 1. The van der Waals surface area contributed by atoms with E-state index in [1.54, 1.807) is 0 Å². The average Bonchev–Trinajstić information content (AvgIpc) is 2.38. The monoisotopic (exact) mass is 332 g/mol. The van der Waals surface area contributed by atoms with Gasteiger partial charge in [0.1, 0.15) is 0 Å². The van der Waals surface area contributed by atoms with E-state index in [4.69, 9.17) is 5.73 Å². The van der Waals surface area contributed by atoms with Crippen molar-refractivity contribution in [3.05, 3.63) is 63.6 Å². The molecule has 2 aromatic carbocycles. The summed E-state index contributed by atoms with van der Waals surface area (Å²) in [7, 11) is 0. The summed E-state index contributed by atoms with van der Waals surface area (Å²) in [6.45, 7) is 2.60. The molecule has 104 valence electrons. The second kappa shape index (κ2) is 6.68. The first-order chi connectivity index (χ1) is 9.58. The van der Waals surface area contributed by atoms with E-state index in [-0.39, 0.29) is 5.91 Å². The number of rotatable bonds is 4. The van der Waals surface area contributed by atoms with Crippen molar-refractivity contribution in [2.75, 3.05) is 11.9 Å². The van der Waals surface area contributed by atoms with Crippen molar-refractivity contribution in [3.63, 3.8) is 0 Å². The Kier molecular flexibility index (Phi) is 4.93. The molecule has 0 aliphatic heterocycles.